The third-order valence-corrected chi connectivity index (χ3v) is 6.39. The molecule has 0 bridgehead atoms. The number of amides is 1. The van der Waals surface area contributed by atoms with Crippen LogP contribution in [0, 0.1) is 12.7 Å². The van der Waals surface area contributed by atoms with E-state index < -0.39 is 0 Å². The topological polar surface area (TPSA) is 72.7 Å². The van der Waals surface area contributed by atoms with Crippen LogP contribution in [-0.2, 0) is 12.3 Å². The third kappa shape index (κ3) is 4.58. The van der Waals surface area contributed by atoms with E-state index in [-0.39, 0.29) is 18.3 Å². The van der Waals surface area contributed by atoms with Crippen molar-refractivity contribution in [2.24, 2.45) is 0 Å². The molecule has 9 heteroatoms. The molecule has 3 aromatic heterocycles. The summed E-state index contributed by atoms with van der Waals surface area (Å²) in [5.41, 5.74) is 2.77. The van der Waals surface area contributed by atoms with E-state index >= 15 is 0 Å². The van der Waals surface area contributed by atoms with Crippen LogP contribution in [0.5, 0.6) is 0 Å². The highest BCUT2D eigenvalue weighted by Crippen LogP contribution is 2.25. The number of rotatable bonds is 7. The molecule has 1 amide bonds. The summed E-state index contributed by atoms with van der Waals surface area (Å²) in [5, 5.41) is 14.0. The van der Waals surface area contributed by atoms with Gasteiger partial charge in [-0.05, 0) is 65.9 Å². The molecule has 0 radical (unpaired) electrons. The van der Waals surface area contributed by atoms with Gasteiger partial charge in [0, 0.05) is 23.8 Å². The van der Waals surface area contributed by atoms with Gasteiger partial charge in [0.1, 0.15) is 5.82 Å². The van der Waals surface area contributed by atoms with Crippen LogP contribution in [0.2, 0.25) is 0 Å². The monoisotopic (exact) mass is 439 g/mol. The Kier molecular flexibility index (Phi) is 6.20. The van der Waals surface area contributed by atoms with Crippen LogP contribution in [0.4, 0.5) is 4.39 Å². The first-order valence-electron chi connectivity index (χ1n) is 9.16. The Morgan fingerprint density at radius 3 is 2.60 bits per heavy atom. The van der Waals surface area contributed by atoms with Crippen molar-refractivity contribution in [3.05, 3.63) is 87.9 Å². The van der Waals surface area contributed by atoms with Crippen molar-refractivity contribution in [3.8, 4) is 5.69 Å². The van der Waals surface area contributed by atoms with Crippen molar-refractivity contribution in [1.82, 2.24) is 25.1 Å². The lowest BCUT2D eigenvalue weighted by molar-refractivity contribution is 0.0953. The minimum atomic E-state index is -0.319. The Morgan fingerprint density at radius 1 is 1.13 bits per heavy atom. The van der Waals surface area contributed by atoms with Crippen molar-refractivity contribution >= 4 is 29.0 Å². The largest absolute Gasteiger partial charge is 0.344 e. The molecule has 0 spiro atoms. The number of benzene rings is 1. The van der Waals surface area contributed by atoms with Gasteiger partial charge in [0.15, 0.2) is 11.0 Å². The summed E-state index contributed by atoms with van der Waals surface area (Å²) in [5.74, 6) is 0.784. The Hall–Kier alpha value is -3.04. The summed E-state index contributed by atoms with van der Waals surface area (Å²) in [6, 6.07) is 11.9. The van der Waals surface area contributed by atoms with Crippen molar-refractivity contribution in [3.63, 3.8) is 0 Å². The molecular weight excluding hydrogens is 421 g/mol. The lowest BCUT2D eigenvalue weighted by Crippen LogP contribution is -2.24. The molecule has 0 fully saturated rings. The molecule has 6 nitrogen and oxygen atoms in total. The lowest BCUT2D eigenvalue weighted by atomic mass is 10.3. The first-order valence-corrected chi connectivity index (χ1v) is 11.0. The molecule has 0 unspecified atom stereocenters. The predicted molar refractivity (Wildman–Crippen MR) is 115 cm³/mol. The second-order valence-corrected chi connectivity index (χ2v) is 8.33. The minimum Gasteiger partial charge on any atom is -0.344 e. The van der Waals surface area contributed by atoms with Crippen LogP contribution in [-0.4, -0.2) is 25.7 Å². The number of carbonyl (C=O) groups is 1. The highest BCUT2D eigenvalue weighted by molar-refractivity contribution is 7.98. The first kappa shape index (κ1) is 20.2. The predicted octanol–water partition coefficient (Wildman–Crippen LogP) is 4.39. The lowest BCUT2D eigenvalue weighted by Gasteiger charge is -2.11. The van der Waals surface area contributed by atoms with Crippen molar-refractivity contribution in [1.29, 1.82) is 0 Å². The molecular formula is C21H18FN5OS2. The van der Waals surface area contributed by atoms with Crippen LogP contribution in [0.3, 0.4) is 0 Å². The fourth-order valence-corrected chi connectivity index (χ4v) is 4.60. The maximum atomic E-state index is 13.4. The van der Waals surface area contributed by atoms with E-state index in [1.54, 1.807) is 24.5 Å². The zero-order valence-electron chi connectivity index (χ0n) is 16.1. The Morgan fingerprint density at radius 2 is 1.90 bits per heavy atom. The van der Waals surface area contributed by atoms with Crippen LogP contribution in [0.25, 0.3) is 5.69 Å². The third-order valence-electron chi connectivity index (χ3n) is 4.38. The SMILES string of the molecule is Cc1ccsc1C(=O)NCc1nnc(SCc2ccncc2)n1-c1ccc(F)cc1. The van der Waals surface area contributed by atoms with E-state index in [1.165, 1.54) is 35.2 Å². The van der Waals surface area contributed by atoms with Crippen molar-refractivity contribution in [2.45, 2.75) is 24.4 Å². The zero-order chi connectivity index (χ0) is 20.9. The second kappa shape index (κ2) is 9.19. The molecule has 0 atom stereocenters. The zero-order valence-corrected chi connectivity index (χ0v) is 17.7. The molecule has 4 rings (SSSR count). The molecule has 1 aromatic carbocycles. The van der Waals surface area contributed by atoms with Crippen molar-refractivity contribution < 1.29 is 9.18 Å². The van der Waals surface area contributed by atoms with Gasteiger partial charge >= 0.3 is 0 Å². The maximum absolute atomic E-state index is 13.4. The highest BCUT2D eigenvalue weighted by atomic mass is 32.2. The number of halogens is 1. The fraction of sp³-hybridized carbons (Fsp3) is 0.143. The minimum absolute atomic E-state index is 0.151. The van der Waals surface area contributed by atoms with Gasteiger partial charge in [0.05, 0.1) is 11.4 Å². The molecule has 0 saturated carbocycles. The molecule has 0 aliphatic carbocycles. The summed E-state index contributed by atoms with van der Waals surface area (Å²) in [6.07, 6.45) is 3.49. The molecule has 0 saturated heterocycles. The maximum Gasteiger partial charge on any atom is 0.261 e. The number of hydrogen-bond donors (Lipinski definition) is 1. The number of hydrogen-bond acceptors (Lipinski definition) is 6. The van der Waals surface area contributed by atoms with E-state index in [0.717, 1.165) is 16.8 Å². The number of carbonyl (C=O) groups excluding carboxylic acids is 1. The summed E-state index contributed by atoms with van der Waals surface area (Å²) in [4.78, 5) is 17.2. The Labute approximate surface area is 181 Å². The molecule has 0 aliphatic heterocycles. The second-order valence-electron chi connectivity index (χ2n) is 6.47. The molecule has 152 valence electrons. The van der Waals surface area contributed by atoms with Gasteiger partial charge in [-0.3, -0.25) is 14.3 Å². The highest BCUT2D eigenvalue weighted by Gasteiger charge is 2.17. The number of thiophene rings is 1. The molecule has 3 heterocycles. The summed E-state index contributed by atoms with van der Waals surface area (Å²) < 4.78 is 15.3. The van der Waals surface area contributed by atoms with E-state index in [9.17, 15) is 9.18 Å². The average molecular weight is 440 g/mol. The van der Waals surface area contributed by atoms with Gasteiger partial charge in [-0.1, -0.05) is 11.8 Å². The van der Waals surface area contributed by atoms with Crippen LogP contribution in [0.15, 0.2) is 65.4 Å². The first-order chi connectivity index (χ1) is 14.6. The average Bonchev–Trinajstić information content (AvgIpc) is 3.38. The van der Waals surface area contributed by atoms with E-state index in [0.29, 0.717) is 21.6 Å². The van der Waals surface area contributed by atoms with Gasteiger partial charge < -0.3 is 5.32 Å². The van der Waals surface area contributed by atoms with Crippen LogP contribution >= 0.6 is 23.1 Å². The quantitative estimate of drug-likeness (QED) is 0.432. The Balaban J connectivity index is 1.58. The van der Waals surface area contributed by atoms with Crippen molar-refractivity contribution in [2.75, 3.05) is 0 Å². The fourth-order valence-electron chi connectivity index (χ4n) is 2.83. The summed E-state index contributed by atoms with van der Waals surface area (Å²) >= 11 is 2.91. The molecule has 0 aliphatic rings. The molecule has 4 aromatic rings. The molecule has 30 heavy (non-hydrogen) atoms. The van der Waals surface area contributed by atoms with E-state index in [1.807, 2.05) is 35.1 Å². The van der Waals surface area contributed by atoms with Gasteiger partial charge in [-0.2, -0.15) is 0 Å². The van der Waals surface area contributed by atoms with Gasteiger partial charge in [0.2, 0.25) is 0 Å². The number of nitrogens with one attached hydrogen (secondary N) is 1. The number of nitrogens with zero attached hydrogens (tertiary/aromatic N) is 4. The summed E-state index contributed by atoms with van der Waals surface area (Å²) in [7, 11) is 0. The van der Waals surface area contributed by atoms with Gasteiger partial charge in [-0.25, -0.2) is 4.39 Å². The standard InChI is InChI=1S/C21H18FN5OS2/c1-14-8-11-29-19(14)20(28)24-12-18-25-26-21(30-13-15-6-9-23-10-7-15)27(18)17-4-2-16(22)3-5-17/h2-11H,12-13H2,1H3,(H,24,28). The number of thioether (sulfide) groups is 1. The summed E-state index contributed by atoms with van der Waals surface area (Å²) in [6.45, 7) is 2.11. The Bertz CT molecular complexity index is 1140. The van der Waals surface area contributed by atoms with Crippen LogP contribution < -0.4 is 5.32 Å². The smallest absolute Gasteiger partial charge is 0.261 e. The number of pyridine rings is 1. The number of aryl methyl sites for hydroxylation is 1. The van der Waals surface area contributed by atoms with Crippen LogP contribution in [0.1, 0.15) is 26.6 Å². The van der Waals surface area contributed by atoms with Gasteiger partial charge in [-0.15, -0.1) is 21.5 Å². The number of aromatic nitrogens is 4. The van der Waals surface area contributed by atoms with E-state index in [2.05, 4.69) is 20.5 Å². The normalized spacial score (nSPS) is 10.9. The molecule has 1 N–H and O–H groups in total. The van der Waals surface area contributed by atoms with E-state index in [4.69, 9.17) is 0 Å². The van der Waals surface area contributed by atoms with Gasteiger partial charge in [0.25, 0.3) is 5.91 Å².